The molecule has 314 valence electrons. The number of aliphatic imine (C=N–C) groups is 1. The molecule has 4 aromatic carbocycles. The van der Waals surface area contributed by atoms with Crippen LogP contribution in [0.15, 0.2) is 96.1 Å². The van der Waals surface area contributed by atoms with Crippen molar-refractivity contribution in [3.05, 3.63) is 108 Å². The molecule has 4 fully saturated rings. The molecule has 2 saturated heterocycles. The Kier molecular flexibility index (Phi) is 10.4. The Morgan fingerprint density at radius 3 is 1.72 bits per heavy atom. The number of carbonyl (C=O) groups is 4. The van der Waals surface area contributed by atoms with E-state index in [4.69, 9.17) is 22.3 Å². The number of nitrogens with zero attached hydrogens (tertiary/aromatic N) is 7. The van der Waals surface area contributed by atoms with Gasteiger partial charge in [0.15, 0.2) is 0 Å². The summed E-state index contributed by atoms with van der Waals surface area (Å²) in [6.45, 7) is 4.24. The molecule has 1 aromatic heterocycles. The Labute approximate surface area is 354 Å². The highest BCUT2D eigenvalue weighted by atomic mass is 16.2. The number of nitrogen functional groups attached to an aromatic ring is 1. The van der Waals surface area contributed by atoms with Crippen molar-refractivity contribution in [3.63, 3.8) is 0 Å². The number of rotatable bonds is 9. The topological polar surface area (TPSA) is 189 Å². The van der Waals surface area contributed by atoms with Gasteiger partial charge < -0.3 is 36.8 Å². The molecule has 9 rings (SSSR count). The van der Waals surface area contributed by atoms with Crippen molar-refractivity contribution >= 4 is 46.4 Å². The first-order valence-corrected chi connectivity index (χ1v) is 21.2. The molecule has 4 aliphatic rings. The number of hydrogen-bond donors (Lipinski definition) is 3. The second-order valence-corrected chi connectivity index (χ2v) is 17.1. The van der Waals surface area contributed by atoms with Crippen molar-refractivity contribution in [3.8, 4) is 22.3 Å². The molecule has 14 nitrogen and oxygen atoms in total. The number of benzene rings is 4. The monoisotopic (exact) mass is 820 g/mol. The number of hydrogen-bond acceptors (Lipinski definition) is 9. The van der Waals surface area contributed by atoms with Gasteiger partial charge in [0.05, 0.1) is 11.1 Å². The zero-order valence-electron chi connectivity index (χ0n) is 34.5. The summed E-state index contributed by atoms with van der Waals surface area (Å²) >= 11 is 0. The van der Waals surface area contributed by atoms with Gasteiger partial charge in [0.2, 0.25) is 11.8 Å². The molecule has 3 heterocycles. The Bertz CT molecular complexity index is 2530. The molecule has 6 N–H and O–H groups in total. The molecule has 0 spiro atoms. The van der Waals surface area contributed by atoms with Crippen LogP contribution in [0.4, 0.5) is 5.69 Å². The average Bonchev–Trinajstić information content (AvgIpc) is 3.76. The Balaban J connectivity index is 0.758. The second-order valence-electron chi connectivity index (χ2n) is 17.1. The third kappa shape index (κ3) is 7.77. The minimum Gasteiger partial charge on any atom is -0.398 e. The van der Waals surface area contributed by atoms with Crippen LogP contribution in [0.3, 0.4) is 0 Å². The van der Waals surface area contributed by atoms with Crippen LogP contribution in [0, 0.1) is 5.92 Å². The van der Waals surface area contributed by atoms with Crippen molar-refractivity contribution in [2.24, 2.45) is 22.4 Å². The number of fused-ring (bicyclic) bond motifs is 1. The van der Waals surface area contributed by atoms with Gasteiger partial charge in [-0.15, -0.1) is 0 Å². The quantitative estimate of drug-likeness (QED) is 0.148. The van der Waals surface area contributed by atoms with Crippen LogP contribution in [-0.4, -0.2) is 130 Å². The van der Waals surface area contributed by atoms with E-state index in [-0.39, 0.29) is 29.5 Å². The van der Waals surface area contributed by atoms with E-state index < -0.39 is 11.1 Å². The fourth-order valence-corrected chi connectivity index (χ4v) is 9.00. The number of piperazine rings is 2. The van der Waals surface area contributed by atoms with Gasteiger partial charge in [-0.25, -0.2) is 0 Å². The predicted octanol–water partition coefficient (Wildman–Crippen LogP) is 3.87. The summed E-state index contributed by atoms with van der Waals surface area (Å²) in [5.41, 5.74) is 24.9. The van der Waals surface area contributed by atoms with Crippen LogP contribution in [0.1, 0.15) is 52.0 Å². The first-order chi connectivity index (χ1) is 29.4. The fourth-order valence-electron chi connectivity index (χ4n) is 9.00. The van der Waals surface area contributed by atoms with Crippen molar-refractivity contribution in [2.45, 2.75) is 43.3 Å². The van der Waals surface area contributed by atoms with Crippen LogP contribution in [-0.2, 0) is 16.1 Å². The van der Waals surface area contributed by atoms with Gasteiger partial charge in [-0.1, -0.05) is 48.5 Å². The number of amides is 4. The van der Waals surface area contributed by atoms with E-state index in [1.807, 2.05) is 95.8 Å². The van der Waals surface area contributed by atoms with Gasteiger partial charge in [-0.3, -0.25) is 28.9 Å². The summed E-state index contributed by atoms with van der Waals surface area (Å²) in [5, 5.41) is 5.83. The van der Waals surface area contributed by atoms with Gasteiger partial charge in [0, 0.05) is 112 Å². The zero-order valence-corrected chi connectivity index (χ0v) is 34.5. The van der Waals surface area contributed by atoms with Crippen LogP contribution < -0.4 is 17.2 Å². The molecular formula is C47H52N10O4. The van der Waals surface area contributed by atoms with Gasteiger partial charge in [-0.2, -0.15) is 5.10 Å². The standard InChI is InChI=1S/C47H52N10O4/c1-51-28-37-13-11-35(25-40(37)48)31-3-7-33(8-4-31)43(59)54-19-23-56(24-20-54)45(61)47(50)27-39(47)30-57-29-38-14-12-36(26-41(38)52-57)32-5-9-34(10-6-32)42(58)53-17-21-55(22-18-53)44(60)46(49)15-2-16-46/h3-14,25-26,28-29,39H,2,15-24,27,30,48-50H2,1H3. The van der Waals surface area contributed by atoms with Crippen molar-refractivity contribution < 1.29 is 19.2 Å². The highest BCUT2D eigenvalue weighted by molar-refractivity contribution is 5.97. The molecule has 2 unspecified atom stereocenters. The molecule has 0 bridgehead atoms. The van der Waals surface area contributed by atoms with E-state index in [0.717, 1.165) is 58.0 Å². The van der Waals surface area contributed by atoms with Crippen LogP contribution in [0.25, 0.3) is 33.2 Å². The van der Waals surface area contributed by atoms with Gasteiger partial charge >= 0.3 is 0 Å². The third-order valence-corrected chi connectivity index (χ3v) is 13.2. The lowest BCUT2D eigenvalue weighted by atomic mass is 9.76. The maximum absolute atomic E-state index is 13.7. The molecule has 2 aliphatic heterocycles. The largest absolute Gasteiger partial charge is 0.398 e. The van der Waals surface area contributed by atoms with E-state index in [1.165, 1.54) is 0 Å². The highest BCUT2D eigenvalue weighted by Crippen LogP contribution is 2.44. The SMILES string of the molecule is CN=Cc1ccc(-c2ccc(C(=O)N3CCN(C(=O)C4(N)CC4Cn4cc5ccc(-c6ccc(C(=O)N7CCN(C(=O)C8(N)CCC8)CC7)cc6)cc5n4)CC3)cc2)cc1N. The summed E-state index contributed by atoms with van der Waals surface area (Å²) in [7, 11) is 1.71. The van der Waals surface area contributed by atoms with E-state index >= 15 is 0 Å². The van der Waals surface area contributed by atoms with Crippen LogP contribution >= 0.6 is 0 Å². The van der Waals surface area contributed by atoms with Crippen molar-refractivity contribution in [1.82, 2.24) is 29.4 Å². The van der Waals surface area contributed by atoms with E-state index in [2.05, 4.69) is 4.99 Å². The van der Waals surface area contributed by atoms with Gasteiger partial charge in [-0.05, 0) is 84.3 Å². The number of nitrogens with two attached hydrogens (primary N) is 3. The molecule has 0 radical (unpaired) electrons. The number of aromatic nitrogens is 2. The summed E-state index contributed by atoms with van der Waals surface area (Å²) in [4.78, 5) is 64.5. The maximum atomic E-state index is 13.7. The Hall–Kier alpha value is -6.38. The Morgan fingerprint density at radius 2 is 1.20 bits per heavy atom. The second kappa shape index (κ2) is 15.9. The molecule has 14 heteroatoms. The normalized spacial score (nSPS) is 21.1. The minimum absolute atomic E-state index is 0.0113. The number of anilines is 1. The molecular weight excluding hydrogens is 769 g/mol. The first-order valence-electron chi connectivity index (χ1n) is 21.2. The molecule has 2 saturated carbocycles. The van der Waals surface area contributed by atoms with Crippen molar-refractivity contribution in [2.75, 3.05) is 65.1 Å². The lowest BCUT2D eigenvalue weighted by molar-refractivity contribution is -0.141. The molecule has 2 atom stereocenters. The van der Waals surface area contributed by atoms with Crippen LogP contribution in [0.2, 0.25) is 0 Å². The lowest BCUT2D eigenvalue weighted by Crippen LogP contribution is -2.62. The minimum atomic E-state index is -0.955. The molecule has 2 aliphatic carbocycles. The number of carbonyl (C=O) groups excluding carboxylic acids is 4. The maximum Gasteiger partial charge on any atom is 0.253 e. The zero-order chi connectivity index (χ0) is 42.5. The van der Waals surface area contributed by atoms with Crippen molar-refractivity contribution in [1.29, 1.82) is 0 Å². The third-order valence-electron chi connectivity index (χ3n) is 13.2. The Morgan fingerprint density at radius 1 is 0.689 bits per heavy atom. The highest BCUT2D eigenvalue weighted by Gasteiger charge is 2.58. The lowest BCUT2D eigenvalue weighted by Gasteiger charge is -2.43. The van der Waals surface area contributed by atoms with E-state index in [0.29, 0.717) is 82.1 Å². The summed E-state index contributed by atoms with van der Waals surface area (Å²) in [6.07, 6.45) is 6.75. The predicted molar refractivity (Wildman–Crippen MR) is 236 cm³/mol. The van der Waals surface area contributed by atoms with Crippen LogP contribution in [0.5, 0.6) is 0 Å². The molecule has 4 amide bonds. The molecule has 61 heavy (non-hydrogen) atoms. The summed E-state index contributed by atoms with van der Waals surface area (Å²) in [6, 6.07) is 27.1. The van der Waals surface area contributed by atoms with Gasteiger partial charge in [0.1, 0.15) is 5.54 Å². The van der Waals surface area contributed by atoms with E-state index in [9.17, 15) is 19.2 Å². The molecule has 5 aromatic rings. The smallest absolute Gasteiger partial charge is 0.253 e. The fraction of sp³-hybridized carbons (Fsp3) is 0.362. The average molecular weight is 821 g/mol. The summed E-state index contributed by atoms with van der Waals surface area (Å²) in [5.74, 6) is -0.219. The van der Waals surface area contributed by atoms with E-state index in [1.54, 1.807) is 32.9 Å². The summed E-state index contributed by atoms with van der Waals surface area (Å²) < 4.78 is 1.88. The van der Waals surface area contributed by atoms with Gasteiger partial charge in [0.25, 0.3) is 11.8 Å². The first kappa shape index (κ1) is 40.0.